The van der Waals surface area contributed by atoms with Crippen LogP contribution in [0.25, 0.3) is 0 Å². The van der Waals surface area contributed by atoms with Crippen molar-refractivity contribution in [1.29, 1.82) is 0 Å². The highest BCUT2D eigenvalue weighted by molar-refractivity contribution is 7.89. The van der Waals surface area contributed by atoms with E-state index >= 15 is 0 Å². The molecule has 2 aromatic heterocycles. The molecule has 1 aliphatic heterocycles. The first-order valence-electron chi connectivity index (χ1n) is 8.64. The molecule has 3 aromatic rings. The minimum atomic E-state index is -3.76. The average Bonchev–Trinajstić information content (AvgIpc) is 2.71. The van der Waals surface area contributed by atoms with Crippen LogP contribution in [0.15, 0.2) is 78.2 Å². The number of aliphatic hydroxyl groups is 1. The summed E-state index contributed by atoms with van der Waals surface area (Å²) in [6, 6.07) is 13.3. The molecule has 3 heterocycles. The van der Waals surface area contributed by atoms with E-state index in [0.29, 0.717) is 12.0 Å². The van der Waals surface area contributed by atoms with Crippen LogP contribution in [0.5, 0.6) is 0 Å². The molecule has 0 unspecified atom stereocenters. The summed E-state index contributed by atoms with van der Waals surface area (Å²) in [5, 5.41) is 11.0. The van der Waals surface area contributed by atoms with Crippen LogP contribution in [-0.4, -0.2) is 33.8 Å². The quantitative estimate of drug-likeness (QED) is 0.750. The van der Waals surface area contributed by atoms with Crippen LogP contribution in [0.2, 0.25) is 0 Å². The predicted molar refractivity (Wildman–Crippen MR) is 100 cm³/mol. The number of nitrogens with zero attached hydrogens (tertiary/aromatic N) is 3. The van der Waals surface area contributed by atoms with Crippen molar-refractivity contribution in [2.24, 2.45) is 0 Å². The van der Waals surface area contributed by atoms with Crippen LogP contribution >= 0.6 is 0 Å². The van der Waals surface area contributed by atoms with Crippen molar-refractivity contribution in [3.63, 3.8) is 0 Å². The van der Waals surface area contributed by atoms with E-state index in [2.05, 4.69) is 9.97 Å². The minimum absolute atomic E-state index is 0.145. The summed E-state index contributed by atoms with van der Waals surface area (Å²) in [4.78, 5) is 8.34. The molecule has 1 aliphatic rings. The molecule has 0 amide bonds. The number of sulfonamides is 1. The van der Waals surface area contributed by atoms with E-state index in [1.54, 1.807) is 61.2 Å². The number of pyridine rings is 2. The molecule has 27 heavy (non-hydrogen) atoms. The summed E-state index contributed by atoms with van der Waals surface area (Å²) in [6.07, 6.45) is 6.09. The summed E-state index contributed by atoms with van der Waals surface area (Å²) < 4.78 is 28.0. The van der Waals surface area contributed by atoms with Gasteiger partial charge in [0.1, 0.15) is 0 Å². The van der Waals surface area contributed by atoms with Gasteiger partial charge in [0.2, 0.25) is 10.0 Å². The third-order valence-corrected chi connectivity index (χ3v) is 6.73. The Morgan fingerprint density at radius 1 is 0.926 bits per heavy atom. The molecular formula is C20H19N3O3S. The van der Waals surface area contributed by atoms with Crippen LogP contribution in [0.3, 0.4) is 0 Å². The monoisotopic (exact) mass is 381 g/mol. The Labute approximate surface area is 158 Å². The van der Waals surface area contributed by atoms with Crippen molar-refractivity contribution in [2.45, 2.75) is 30.0 Å². The van der Waals surface area contributed by atoms with Crippen LogP contribution < -0.4 is 0 Å². The maximum Gasteiger partial charge on any atom is 0.244 e. The normalized spacial score (nSPS) is 21.5. The maximum atomic E-state index is 13.3. The van der Waals surface area contributed by atoms with Crippen molar-refractivity contribution in [3.05, 3.63) is 90.0 Å². The van der Waals surface area contributed by atoms with E-state index < -0.39 is 22.2 Å². The van der Waals surface area contributed by atoms with Crippen molar-refractivity contribution in [3.8, 4) is 0 Å². The fraction of sp³-hybridized carbons (Fsp3) is 0.200. The Morgan fingerprint density at radius 2 is 1.59 bits per heavy atom. The van der Waals surface area contributed by atoms with Gasteiger partial charge >= 0.3 is 0 Å². The Kier molecular flexibility index (Phi) is 4.73. The molecule has 0 fully saturated rings. The summed E-state index contributed by atoms with van der Waals surface area (Å²) in [5.74, 6) is 0. The molecule has 7 heteroatoms. The molecule has 0 bridgehead atoms. The van der Waals surface area contributed by atoms with Crippen molar-refractivity contribution in [1.82, 2.24) is 14.3 Å². The lowest BCUT2D eigenvalue weighted by molar-refractivity contribution is 0.0769. The van der Waals surface area contributed by atoms with Crippen molar-refractivity contribution < 1.29 is 13.5 Å². The highest BCUT2D eigenvalue weighted by atomic mass is 32.2. The van der Waals surface area contributed by atoms with Crippen molar-refractivity contribution in [2.75, 3.05) is 0 Å². The zero-order chi connectivity index (χ0) is 18.9. The van der Waals surface area contributed by atoms with Gasteiger partial charge in [-0.1, -0.05) is 30.3 Å². The number of rotatable bonds is 4. The summed E-state index contributed by atoms with van der Waals surface area (Å²) in [5.41, 5.74) is 2.07. The van der Waals surface area contributed by atoms with E-state index in [0.717, 1.165) is 11.1 Å². The Morgan fingerprint density at radius 3 is 2.26 bits per heavy atom. The molecule has 4 rings (SSSR count). The summed E-state index contributed by atoms with van der Waals surface area (Å²) in [7, 11) is -3.76. The van der Waals surface area contributed by atoms with Gasteiger partial charge < -0.3 is 5.11 Å². The molecule has 138 valence electrons. The Hall–Kier alpha value is -2.61. The Bertz CT molecular complexity index is 1030. The van der Waals surface area contributed by atoms with Crippen LogP contribution in [0.4, 0.5) is 0 Å². The number of hydrogen-bond acceptors (Lipinski definition) is 5. The average molecular weight is 381 g/mol. The highest BCUT2D eigenvalue weighted by Crippen LogP contribution is 2.38. The maximum absolute atomic E-state index is 13.3. The van der Waals surface area contributed by atoms with E-state index in [-0.39, 0.29) is 11.4 Å². The standard InChI is InChI=1S/C20H19N3O3S/c24-20-17-7-1-2-8-19(17)27(25,26)23(14-16-6-4-10-22-13-16)18(20)11-15-5-3-9-21-12-15/h1-10,12-13,18,20,24H,11,14H2/t18-,20+/m0/s1. The number of aromatic nitrogens is 2. The number of aliphatic hydroxyl groups excluding tert-OH is 1. The minimum Gasteiger partial charge on any atom is -0.387 e. The highest BCUT2D eigenvalue weighted by Gasteiger charge is 2.43. The fourth-order valence-electron chi connectivity index (χ4n) is 3.48. The first-order valence-corrected chi connectivity index (χ1v) is 10.1. The number of benzene rings is 1. The second-order valence-electron chi connectivity index (χ2n) is 6.53. The lowest BCUT2D eigenvalue weighted by Gasteiger charge is -2.39. The van der Waals surface area contributed by atoms with Gasteiger partial charge in [0.25, 0.3) is 0 Å². The fourth-order valence-corrected chi connectivity index (χ4v) is 5.33. The number of fused-ring (bicyclic) bond motifs is 1. The third kappa shape index (κ3) is 3.37. The van der Waals surface area contributed by atoms with Crippen molar-refractivity contribution >= 4 is 10.0 Å². The lowest BCUT2D eigenvalue weighted by Crippen LogP contribution is -2.48. The van der Waals surface area contributed by atoms with E-state index in [4.69, 9.17) is 0 Å². The van der Waals surface area contributed by atoms with Gasteiger partial charge in [-0.25, -0.2) is 8.42 Å². The smallest absolute Gasteiger partial charge is 0.244 e. The van der Waals surface area contributed by atoms with Crippen LogP contribution in [0.1, 0.15) is 22.8 Å². The molecule has 1 aromatic carbocycles. The molecule has 0 spiro atoms. The first kappa shape index (κ1) is 17.8. The van der Waals surface area contributed by atoms with Gasteiger partial charge in [-0.05, 0) is 35.7 Å². The zero-order valence-electron chi connectivity index (χ0n) is 14.5. The largest absolute Gasteiger partial charge is 0.387 e. The molecule has 0 saturated carbocycles. The summed E-state index contributed by atoms with van der Waals surface area (Å²) in [6.45, 7) is 0.145. The van der Waals surface area contributed by atoms with E-state index in [9.17, 15) is 13.5 Å². The van der Waals surface area contributed by atoms with E-state index in [1.807, 2.05) is 12.1 Å². The van der Waals surface area contributed by atoms with Gasteiger partial charge in [-0.15, -0.1) is 0 Å². The number of hydrogen-bond donors (Lipinski definition) is 1. The van der Waals surface area contributed by atoms with E-state index in [1.165, 1.54) is 4.31 Å². The summed E-state index contributed by atoms with van der Waals surface area (Å²) >= 11 is 0. The molecule has 2 atom stereocenters. The SMILES string of the molecule is O=S1(=O)c2ccccc2[C@@H](O)[C@H](Cc2cccnc2)N1Cc1cccnc1. The predicted octanol–water partition coefficient (Wildman–Crippen LogP) is 2.33. The topological polar surface area (TPSA) is 83.4 Å². The first-order chi connectivity index (χ1) is 13.1. The molecular weight excluding hydrogens is 362 g/mol. The van der Waals surface area contributed by atoms with Gasteiger partial charge in [0, 0.05) is 36.9 Å². The second-order valence-corrected chi connectivity index (χ2v) is 8.39. The molecule has 0 aliphatic carbocycles. The van der Waals surface area contributed by atoms with Gasteiger partial charge in [-0.2, -0.15) is 4.31 Å². The second kappa shape index (κ2) is 7.19. The van der Waals surface area contributed by atoms with Gasteiger partial charge in [0.05, 0.1) is 17.0 Å². The van der Waals surface area contributed by atoms with Crippen LogP contribution in [-0.2, 0) is 23.0 Å². The van der Waals surface area contributed by atoms with Crippen LogP contribution in [0, 0.1) is 0 Å². The van der Waals surface area contributed by atoms with Gasteiger partial charge in [0.15, 0.2) is 0 Å². The molecule has 6 nitrogen and oxygen atoms in total. The molecule has 1 N–H and O–H groups in total. The van der Waals surface area contributed by atoms with Gasteiger partial charge in [-0.3, -0.25) is 9.97 Å². The Balaban J connectivity index is 1.80. The lowest BCUT2D eigenvalue weighted by atomic mass is 9.96. The molecule has 0 saturated heterocycles. The third-order valence-electron chi connectivity index (χ3n) is 4.79. The molecule has 0 radical (unpaired) electrons. The zero-order valence-corrected chi connectivity index (χ0v) is 15.3.